The van der Waals surface area contributed by atoms with E-state index in [1.807, 2.05) is 26.0 Å². The van der Waals surface area contributed by atoms with E-state index in [1.165, 1.54) is 14.2 Å². The topological polar surface area (TPSA) is 81.3 Å². The molecule has 1 N–H and O–H groups in total. The summed E-state index contributed by atoms with van der Waals surface area (Å²) in [5.74, 6) is -1.15. The van der Waals surface area contributed by atoms with E-state index in [0.717, 1.165) is 27.9 Å². The van der Waals surface area contributed by atoms with Gasteiger partial charge in [-0.3, -0.25) is 4.98 Å². The van der Waals surface area contributed by atoms with E-state index in [1.54, 1.807) is 18.5 Å². The summed E-state index contributed by atoms with van der Waals surface area (Å²) in [6.07, 6.45) is 3.41. The van der Waals surface area contributed by atoms with Crippen LogP contribution in [0.25, 0.3) is 22.2 Å². The van der Waals surface area contributed by atoms with Gasteiger partial charge in [0, 0.05) is 29.0 Å². The van der Waals surface area contributed by atoms with Gasteiger partial charge in [0.05, 0.1) is 30.9 Å². The number of rotatable bonds is 3. The van der Waals surface area contributed by atoms with Crippen LogP contribution in [0.3, 0.4) is 0 Å². The number of pyridine rings is 1. The number of hydrogen-bond donors (Lipinski definition) is 1. The molecule has 3 rings (SSSR count). The van der Waals surface area contributed by atoms with E-state index in [2.05, 4.69) is 9.97 Å². The lowest BCUT2D eigenvalue weighted by Crippen LogP contribution is -2.13. The maximum absolute atomic E-state index is 12.4. The molecule has 2 aromatic heterocycles. The molecule has 0 saturated heterocycles. The zero-order chi connectivity index (χ0) is 18.1. The van der Waals surface area contributed by atoms with Gasteiger partial charge in [-0.25, -0.2) is 9.59 Å². The van der Waals surface area contributed by atoms with Crippen molar-refractivity contribution in [2.45, 2.75) is 13.8 Å². The van der Waals surface area contributed by atoms with Crippen molar-refractivity contribution in [2.24, 2.45) is 0 Å². The van der Waals surface area contributed by atoms with Gasteiger partial charge in [-0.1, -0.05) is 0 Å². The van der Waals surface area contributed by atoms with Crippen LogP contribution in [0.2, 0.25) is 0 Å². The van der Waals surface area contributed by atoms with E-state index in [-0.39, 0.29) is 11.1 Å². The molecule has 0 fully saturated rings. The Hall–Kier alpha value is -3.15. The van der Waals surface area contributed by atoms with Crippen molar-refractivity contribution in [1.82, 2.24) is 9.97 Å². The average molecular weight is 338 g/mol. The number of carbonyl (C=O) groups excluding carboxylic acids is 2. The second-order valence-corrected chi connectivity index (χ2v) is 5.71. The van der Waals surface area contributed by atoms with Gasteiger partial charge in [-0.15, -0.1) is 0 Å². The Bertz CT molecular complexity index is 974. The smallest absolute Gasteiger partial charge is 0.339 e. The molecule has 0 aliphatic carbocycles. The number of nitrogens with zero attached hydrogens (tertiary/aromatic N) is 1. The summed E-state index contributed by atoms with van der Waals surface area (Å²) < 4.78 is 9.76. The third-order valence-corrected chi connectivity index (χ3v) is 4.29. The molecule has 128 valence electrons. The molecule has 0 aliphatic rings. The van der Waals surface area contributed by atoms with Gasteiger partial charge in [-0.2, -0.15) is 0 Å². The number of carbonyl (C=O) groups is 2. The summed E-state index contributed by atoms with van der Waals surface area (Å²) in [6, 6.07) is 5.41. The second-order valence-electron chi connectivity index (χ2n) is 5.71. The molecule has 1 aromatic carbocycles. The number of nitrogens with one attached hydrogen (secondary N) is 1. The van der Waals surface area contributed by atoms with Gasteiger partial charge >= 0.3 is 11.9 Å². The number of fused-ring (bicyclic) bond motifs is 1. The van der Waals surface area contributed by atoms with E-state index < -0.39 is 11.9 Å². The van der Waals surface area contributed by atoms with E-state index in [0.29, 0.717) is 5.39 Å². The lowest BCUT2D eigenvalue weighted by Gasteiger charge is -2.10. The maximum atomic E-state index is 12.4. The molecule has 0 bridgehead atoms. The highest BCUT2D eigenvalue weighted by molar-refractivity contribution is 6.15. The summed E-state index contributed by atoms with van der Waals surface area (Å²) in [5.41, 5.74) is 4.71. The first-order valence-electron chi connectivity index (χ1n) is 7.72. The highest BCUT2D eigenvalue weighted by atomic mass is 16.5. The van der Waals surface area contributed by atoms with Gasteiger partial charge in [0.15, 0.2) is 0 Å². The monoisotopic (exact) mass is 338 g/mol. The molecule has 0 spiro atoms. The van der Waals surface area contributed by atoms with E-state index in [4.69, 9.17) is 9.47 Å². The van der Waals surface area contributed by atoms with Gasteiger partial charge in [0.1, 0.15) is 0 Å². The first-order chi connectivity index (χ1) is 12.0. The highest BCUT2D eigenvalue weighted by Gasteiger charge is 2.26. The number of esters is 2. The van der Waals surface area contributed by atoms with Crippen molar-refractivity contribution in [3.8, 4) is 11.3 Å². The molecule has 0 atom stereocenters. The molecule has 6 nitrogen and oxygen atoms in total. The molecule has 25 heavy (non-hydrogen) atoms. The Labute approximate surface area is 144 Å². The fraction of sp³-hybridized carbons (Fsp3) is 0.211. The standard InChI is InChI=1S/C19H18N2O4/c1-10-9-13(18(22)24-3)15(19(23)25-4)14-11(2)17(21-16(10)14)12-5-7-20-8-6-12/h5-9,21H,1-4H3. The number of H-pyrrole nitrogens is 1. The first-order valence-corrected chi connectivity index (χ1v) is 7.72. The number of ether oxygens (including phenoxy) is 2. The number of aromatic amines is 1. The molecule has 0 saturated carbocycles. The molecular weight excluding hydrogens is 320 g/mol. The normalized spacial score (nSPS) is 10.7. The fourth-order valence-electron chi connectivity index (χ4n) is 3.09. The Balaban J connectivity index is 2.42. The summed E-state index contributed by atoms with van der Waals surface area (Å²) in [7, 11) is 2.58. The number of aromatic nitrogens is 2. The number of benzene rings is 1. The van der Waals surface area contributed by atoms with Gasteiger partial charge < -0.3 is 14.5 Å². The lowest BCUT2D eigenvalue weighted by atomic mass is 9.96. The van der Waals surface area contributed by atoms with Crippen molar-refractivity contribution in [1.29, 1.82) is 0 Å². The predicted molar refractivity (Wildman–Crippen MR) is 93.7 cm³/mol. The van der Waals surface area contributed by atoms with Crippen LogP contribution in [-0.2, 0) is 9.47 Å². The summed E-state index contributed by atoms with van der Waals surface area (Å²) in [4.78, 5) is 32.0. The Morgan fingerprint density at radius 1 is 1.04 bits per heavy atom. The van der Waals surface area contributed by atoms with Crippen LogP contribution in [0.15, 0.2) is 30.6 Å². The molecule has 2 heterocycles. The van der Waals surface area contributed by atoms with E-state index >= 15 is 0 Å². The Kier molecular flexibility index (Phi) is 4.27. The van der Waals surface area contributed by atoms with Crippen LogP contribution in [-0.4, -0.2) is 36.1 Å². The summed E-state index contributed by atoms with van der Waals surface area (Å²) in [5, 5.41) is 0.666. The zero-order valence-electron chi connectivity index (χ0n) is 14.5. The quantitative estimate of drug-likeness (QED) is 0.740. The van der Waals surface area contributed by atoms with Gasteiger partial charge in [0.2, 0.25) is 0 Å². The van der Waals surface area contributed by atoms with Crippen LogP contribution in [0.4, 0.5) is 0 Å². The number of aryl methyl sites for hydroxylation is 2. The van der Waals surface area contributed by atoms with Crippen LogP contribution in [0.5, 0.6) is 0 Å². The molecule has 0 radical (unpaired) electrons. The molecule has 0 unspecified atom stereocenters. The van der Waals surface area contributed by atoms with Crippen LogP contribution < -0.4 is 0 Å². The molecule has 3 aromatic rings. The zero-order valence-corrected chi connectivity index (χ0v) is 14.5. The highest BCUT2D eigenvalue weighted by Crippen LogP contribution is 2.35. The maximum Gasteiger partial charge on any atom is 0.339 e. The predicted octanol–water partition coefficient (Wildman–Crippen LogP) is 3.42. The van der Waals surface area contributed by atoms with Gasteiger partial charge in [0.25, 0.3) is 0 Å². The lowest BCUT2D eigenvalue weighted by molar-refractivity contribution is 0.0557. The van der Waals surface area contributed by atoms with Crippen molar-refractivity contribution in [2.75, 3.05) is 14.2 Å². The van der Waals surface area contributed by atoms with Gasteiger partial charge in [-0.05, 0) is 43.2 Å². The van der Waals surface area contributed by atoms with Crippen molar-refractivity contribution in [3.05, 3.63) is 52.8 Å². The molecule has 0 amide bonds. The van der Waals surface area contributed by atoms with Crippen LogP contribution >= 0.6 is 0 Å². The minimum Gasteiger partial charge on any atom is -0.465 e. The third kappa shape index (κ3) is 2.65. The fourth-order valence-corrected chi connectivity index (χ4v) is 3.09. The molecule has 0 aliphatic heterocycles. The summed E-state index contributed by atoms with van der Waals surface area (Å²) >= 11 is 0. The van der Waals surface area contributed by atoms with E-state index in [9.17, 15) is 9.59 Å². The SMILES string of the molecule is COC(=O)c1cc(C)c2[nH]c(-c3ccncc3)c(C)c2c1C(=O)OC. The number of methoxy groups -OCH3 is 2. The first kappa shape index (κ1) is 16.7. The van der Waals surface area contributed by atoms with Crippen LogP contribution in [0.1, 0.15) is 31.8 Å². The third-order valence-electron chi connectivity index (χ3n) is 4.29. The second kappa shape index (κ2) is 6.39. The van der Waals surface area contributed by atoms with Crippen molar-refractivity contribution < 1.29 is 19.1 Å². The molecular formula is C19H18N2O4. The number of hydrogen-bond acceptors (Lipinski definition) is 5. The molecule has 6 heteroatoms. The van der Waals surface area contributed by atoms with Crippen molar-refractivity contribution >= 4 is 22.8 Å². The van der Waals surface area contributed by atoms with Crippen molar-refractivity contribution in [3.63, 3.8) is 0 Å². The Morgan fingerprint density at radius 3 is 2.28 bits per heavy atom. The van der Waals surface area contributed by atoms with Crippen LogP contribution in [0, 0.1) is 13.8 Å². The minimum absolute atomic E-state index is 0.197. The Morgan fingerprint density at radius 2 is 1.68 bits per heavy atom. The minimum atomic E-state index is -0.575. The largest absolute Gasteiger partial charge is 0.465 e. The average Bonchev–Trinajstić information content (AvgIpc) is 2.99. The summed E-state index contributed by atoms with van der Waals surface area (Å²) in [6.45, 7) is 3.78.